The molecule has 1 aromatic heterocycles. The summed E-state index contributed by atoms with van der Waals surface area (Å²) in [4.78, 5) is 42.0. The number of amides is 1. The monoisotopic (exact) mass is 492 g/mol. The lowest BCUT2D eigenvalue weighted by Gasteiger charge is -2.29. The van der Waals surface area contributed by atoms with E-state index in [1.807, 2.05) is 31.2 Å². The molecule has 190 valence electrons. The molecule has 0 atom stereocenters. The van der Waals surface area contributed by atoms with E-state index in [-0.39, 0.29) is 19.6 Å². The van der Waals surface area contributed by atoms with Crippen molar-refractivity contribution in [1.82, 2.24) is 10.3 Å². The number of nitrogens with zero attached hydrogens (tertiary/aromatic N) is 1. The van der Waals surface area contributed by atoms with E-state index in [4.69, 9.17) is 13.9 Å². The van der Waals surface area contributed by atoms with Crippen molar-refractivity contribution in [2.45, 2.75) is 52.5 Å². The molecule has 0 radical (unpaired) electrons. The zero-order valence-electron chi connectivity index (χ0n) is 21.1. The zero-order valence-corrected chi connectivity index (χ0v) is 21.1. The van der Waals surface area contributed by atoms with Crippen LogP contribution in [0, 0.1) is 6.92 Å². The van der Waals surface area contributed by atoms with Gasteiger partial charge in [0.25, 0.3) is 0 Å². The SMILES string of the molecule is CCOC(=O)C(CCc1ccc(-c2coc(Cc3ccc(C)cc3)n2)cc1)(NC(C)=O)C(=O)OCC. The second kappa shape index (κ2) is 12.2. The molecule has 0 saturated heterocycles. The minimum Gasteiger partial charge on any atom is -0.464 e. The largest absolute Gasteiger partial charge is 0.464 e. The molecule has 2 aromatic carbocycles. The van der Waals surface area contributed by atoms with Crippen LogP contribution in [0.5, 0.6) is 0 Å². The van der Waals surface area contributed by atoms with Gasteiger partial charge in [-0.3, -0.25) is 4.79 Å². The number of hydrogen-bond acceptors (Lipinski definition) is 7. The van der Waals surface area contributed by atoms with E-state index in [1.54, 1.807) is 20.1 Å². The quantitative estimate of drug-likeness (QED) is 0.316. The average Bonchev–Trinajstić information content (AvgIpc) is 3.32. The van der Waals surface area contributed by atoms with Gasteiger partial charge in [0.2, 0.25) is 11.4 Å². The van der Waals surface area contributed by atoms with Crippen molar-refractivity contribution < 1.29 is 28.3 Å². The highest BCUT2D eigenvalue weighted by atomic mass is 16.6. The van der Waals surface area contributed by atoms with Crippen LogP contribution in [0.25, 0.3) is 11.3 Å². The maximum atomic E-state index is 12.8. The lowest BCUT2D eigenvalue weighted by molar-refractivity contribution is -0.168. The van der Waals surface area contributed by atoms with E-state index in [0.29, 0.717) is 24.4 Å². The molecule has 0 saturated carbocycles. The third-order valence-corrected chi connectivity index (χ3v) is 5.70. The van der Waals surface area contributed by atoms with E-state index in [1.165, 1.54) is 12.5 Å². The van der Waals surface area contributed by atoms with Gasteiger partial charge in [-0.15, -0.1) is 0 Å². The molecule has 8 nitrogen and oxygen atoms in total. The van der Waals surface area contributed by atoms with Crippen molar-refractivity contribution in [3.63, 3.8) is 0 Å². The summed E-state index contributed by atoms with van der Waals surface area (Å²) in [6, 6.07) is 15.8. The molecule has 36 heavy (non-hydrogen) atoms. The Morgan fingerprint density at radius 2 is 1.50 bits per heavy atom. The number of aryl methyl sites for hydroxylation is 2. The fraction of sp³-hybridized carbons (Fsp3) is 0.357. The van der Waals surface area contributed by atoms with Gasteiger partial charge < -0.3 is 19.2 Å². The highest BCUT2D eigenvalue weighted by molar-refractivity contribution is 6.07. The van der Waals surface area contributed by atoms with Crippen LogP contribution in [0.15, 0.2) is 59.2 Å². The Hall–Kier alpha value is -3.94. The van der Waals surface area contributed by atoms with Crippen LogP contribution in [-0.4, -0.2) is 41.6 Å². The van der Waals surface area contributed by atoms with Crippen molar-refractivity contribution in [3.8, 4) is 11.3 Å². The molecule has 0 fully saturated rings. The maximum Gasteiger partial charge on any atom is 0.343 e. The second-order valence-electron chi connectivity index (χ2n) is 8.51. The number of oxazole rings is 1. The van der Waals surface area contributed by atoms with E-state index in [9.17, 15) is 14.4 Å². The summed E-state index contributed by atoms with van der Waals surface area (Å²) in [5, 5.41) is 2.49. The minimum atomic E-state index is -1.91. The molecule has 0 aliphatic rings. The van der Waals surface area contributed by atoms with Gasteiger partial charge in [0.05, 0.1) is 13.2 Å². The lowest BCUT2D eigenvalue weighted by Crippen LogP contribution is -2.61. The number of carbonyl (C=O) groups is 3. The molecule has 3 rings (SSSR count). The Morgan fingerprint density at radius 3 is 2.06 bits per heavy atom. The summed E-state index contributed by atoms with van der Waals surface area (Å²) in [5.41, 5.74) is 2.87. The minimum absolute atomic E-state index is 0.00570. The molecular weight excluding hydrogens is 460 g/mol. The van der Waals surface area contributed by atoms with E-state index in [2.05, 4.69) is 34.6 Å². The first-order valence-corrected chi connectivity index (χ1v) is 12.0. The van der Waals surface area contributed by atoms with Crippen molar-refractivity contribution in [2.75, 3.05) is 13.2 Å². The Bertz CT molecular complexity index is 1160. The molecule has 0 bridgehead atoms. The van der Waals surface area contributed by atoms with Crippen LogP contribution in [0.3, 0.4) is 0 Å². The van der Waals surface area contributed by atoms with Crippen LogP contribution in [0.4, 0.5) is 0 Å². The summed E-state index contributed by atoms with van der Waals surface area (Å²) in [6.45, 7) is 6.69. The zero-order chi connectivity index (χ0) is 26.1. The van der Waals surface area contributed by atoms with Gasteiger partial charge in [-0.1, -0.05) is 54.1 Å². The summed E-state index contributed by atoms with van der Waals surface area (Å²) in [6.07, 6.45) is 2.55. The second-order valence-corrected chi connectivity index (χ2v) is 8.51. The molecule has 3 aromatic rings. The first-order valence-electron chi connectivity index (χ1n) is 12.0. The van der Waals surface area contributed by atoms with Crippen LogP contribution in [-0.2, 0) is 36.7 Å². The molecule has 0 aliphatic heterocycles. The molecular formula is C28H32N2O6. The van der Waals surface area contributed by atoms with Gasteiger partial charge in [-0.05, 0) is 44.7 Å². The molecule has 1 heterocycles. The normalized spacial score (nSPS) is 11.1. The highest BCUT2D eigenvalue weighted by Gasteiger charge is 2.49. The van der Waals surface area contributed by atoms with Gasteiger partial charge in [0.1, 0.15) is 12.0 Å². The lowest BCUT2D eigenvalue weighted by atomic mass is 9.90. The Kier molecular flexibility index (Phi) is 9.00. The van der Waals surface area contributed by atoms with Gasteiger partial charge in [0, 0.05) is 18.9 Å². The molecule has 1 amide bonds. The number of nitrogens with one attached hydrogen (secondary N) is 1. The maximum absolute atomic E-state index is 12.8. The summed E-state index contributed by atoms with van der Waals surface area (Å²) >= 11 is 0. The molecule has 0 aliphatic carbocycles. The standard InChI is InChI=1S/C28H32N2O6/c1-5-34-26(32)28(30-20(4)31,27(33)35-6-2)16-15-21-11-13-23(14-12-21)24-18-36-25(29-24)17-22-9-7-19(3)8-10-22/h7-14,18H,5-6,15-17H2,1-4H3,(H,30,31). The molecule has 8 heteroatoms. The van der Waals surface area contributed by atoms with Gasteiger partial charge >= 0.3 is 11.9 Å². The first kappa shape index (κ1) is 26.7. The van der Waals surface area contributed by atoms with Crippen LogP contribution >= 0.6 is 0 Å². The molecule has 1 N–H and O–H groups in total. The predicted molar refractivity (Wildman–Crippen MR) is 134 cm³/mol. The predicted octanol–water partition coefficient (Wildman–Crippen LogP) is 4.17. The third kappa shape index (κ3) is 6.59. The third-order valence-electron chi connectivity index (χ3n) is 5.70. The van der Waals surface area contributed by atoms with E-state index < -0.39 is 23.4 Å². The summed E-state index contributed by atoms with van der Waals surface area (Å²) in [5.74, 6) is -1.57. The number of benzene rings is 2. The molecule has 0 unspecified atom stereocenters. The van der Waals surface area contributed by atoms with E-state index in [0.717, 1.165) is 16.7 Å². The van der Waals surface area contributed by atoms with Gasteiger partial charge in [-0.2, -0.15) is 0 Å². The number of aromatic nitrogens is 1. The Morgan fingerprint density at radius 1 is 0.917 bits per heavy atom. The topological polar surface area (TPSA) is 108 Å². The van der Waals surface area contributed by atoms with Crippen molar-refractivity contribution >= 4 is 17.8 Å². The number of ether oxygens (including phenoxy) is 2. The van der Waals surface area contributed by atoms with Gasteiger partial charge in [-0.25, -0.2) is 14.6 Å². The molecule has 0 spiro atoms. The number of rotatable bonds is 11. The number of esters is 2. The van der Waals surface area contributed by atoms with Gasteiger partial charge in [0.15, 0.2) is 5.89 Å². The Balaban J connectivity index is 1.73. The summed E-state index contributed by atoms with van der Waals surface area (Å²) in [7, 11) is 0. The fourth-order valence-corrected chi connectivity index (χ4v) is 3.84. The fourth-order valence-electron chi connectivity index (χ4n) is 3.84. The van der Waals surface area contributed by atoms with Crippen LogP contribution < -0.4 is 5.32 Å². The van der Waals surface area contributed by atoms with Crippen molar-refractivity contribution in [1.29, 1.82) is 0 Å². The Labute approximate surface area is 211 Å². The first-order chi connectivity index (χ1) is 17.3. The van der Waals surface area contributed by atoms with E-state index >= 15 is 0 Å². The van der Waals surface area contributed by atoms with Crippen molar-refractivity contribution in [3.05, 3.63) is 77.4 Å². The average molecular weight is 493 g/mol. The highest BCUT2D eigenvalue weighted by Crippen LogP contribution is 2.24. The number of carbonyl (C=O) groups excluding carboxylic acids is 3. The summed E-state index contributed by atoms with van der Waals surface area (Å²) < 4.78 is 15.9. The van der Waals surface area contributed by atoms with Crippen LogP contribution in [0.1, 0.15) is 49.8 Å². The van der Waals surface area contributed by atoms with Crippen LogP contribution in [0.2, 0.25) is 0 Å². The van der Waals surface area contributed by atoms with Crippen molar-refractivity contribution in [2.24, 2.45) is 0 Å². The smallest absolute Gasteiger partial charge is 0.343 e. The number of hydrogen-bond donors (Lipinski definition) is 1.